The van der Waals surface area contributed by atoms with Crippen LogP contribution in [0, 0.1) is 0 Å². The van der Waals surface area contributed by atoms with Crippen LogP contribution >= 0.6 is 0 Å². The standard InChI is InChI=1S/C36H38O6/c1-5-36(4,33(37)24-39-31-22-14-12-20-29(31)27-16-8-6-9-17-27)41-26-35(2,3)42-34(38)25-40-32-23-15-13-21-30(32)28-18-10-7-11-19-28/h6-23H,5,24-26H2,1-4H3. The van der Waals surface area contributed by atoms with Gasteiger partial charge in [0.25, 0.3) is 0 Å². The minimum Gasteiger partial charge on any atom is -0.485 e. The number of Topliss-reactive ketones (excluding diaryl/α,β-unsaturated/α-hetero) is 1. The summed E-state index contributed by atoms with van der Waals surface area (Å²) >= 11 is 0. The van der Waals surface area contributed by atoms with Crippen LogP contribution in [0.3, 0.4) is 0 Å². The third kappa shape index (κ3) is 8.08. The lowest BCUT2D eigenvalue weighted by Crippen LogP contribution is -2.45. The molecule has 0 radical (unpaired) electrons. The zero-order valence-electron chi connectivity index (χ0n) is 24.7. The summed E-state index contributed by atoms with van der Waals surface area (Å²) in [6, 6.07) is 34.9. The largest absolute Gasteiger partial charge is 0.485 e. The molecule has 4 aromatic carbocycles. The Morgan fingerprint density at radius 2 is 1.07 bits per heavy atom. The Morgan fingerprint density at radius 3 is 1.57 bits per heavy atom. The Balaban J connectivity index is 1.31. The van der Waals surface area contributed by atoms with Gasteiger partial charge in [-0.1, -0.05) is 104 Å². The van der Waals surface area contributed by atoms with E-state index in [0.29, 0.717) is 17.9 Å². The second-order valence-corrected chi connectivity index (χ2v) is 10.8. The van der Waals surface area contributed by atoms with E-state index < -0.39 is 17.2 Å². The summed E-state index contributed by atoms with van der Waals surface area (Å²) in [5.74, 6) is 0.485. The first-order valence-electron chi connectivity index (χ1n) is 14.1. The van der Waals surface area contributed by atoms with Gasteiger partial charge in [-0.05, 0) is 50.5 Å². The average molecular weight is 567 g/mol. The summed E-state index contributed by atoms with van der Waals surface area (Å²) in [5.41, 5.74) is 1.69. The van der Waals surface area contributed by atoms with Gasteiger partial charge in [-0.3, -0.25) is 4.79 Å². The first-order chi connectivity index (χ1) is 20.2. The van der Waals surface area contributed by atoms with Crippen molar-refractivity contribution in [3.05, 3.63) is 109 Å². The summed E-state index contributed by atoms with van der Waals surface area (Å²) in [7, 11) is 0. The lowest BCUT2D eigenvalue weighted by molar-refractivity contribution is -0.174. The van der Waals surface area contributed by atoms with Gasteiger partial charge in [0.1, 0.15) is 29.3 Å². The van der Waals surface area contributed by atoms with Gasteiger partial charge in [0.15, 0.2) is 6.61 Å². The Labute approximate surface area is 248 Å². The highest BCUT2D eigenvalue weighted by Gasteiger charge is 2.36. The molecule has 6 heteroatoms. The Hall–Kier alpha value is -4.42. The molecule has 0 N–H and O–H groups in total. The molecule has 0 fully saturated rings. The molecule has 0 aromatic heterocycles. The molecule has 4 aromatic rings. The maximum absolute atomic E-state index is 13.3. The molecular weight excluding hydrogens is 528 g/mol. The van der Waals surface area contributed by atoms with Crippen LogP contribution in [0.2, 0.25) is 0 Å². The van der Waals surface area contributed by atoms with E-state index in [1.165, 1.54) is 0 Å². The van der Waals surface area contributed by atoms with Crippen LogP contribution in [-0.2, 0) is 19.1 Å². The fraction of sp³-hybridized carbons (Fsp3) is 0.278. The summed E-state index contributed by atoms with van der Waals surface area (Å²) in [4.78, 5) is 26.0. The molecule has 0 heterocycles. The summed E-state index contributed by atoms with van der Waals surface area (Å²) in [6.45, 7) is 6.73. The molecule has 0 spiro atoms. The van der Waals surface area contributed by atoms with Crippen molar-refractivity contribution in [2.45, 2.75) is 45.3 Å². The number of carbonyl (C=O) groups is 2. The predicted molar refractivity (Wildman–Crippen MR) is 165 cm³/mol. The van der Waals surface area contributed by atoms with E-state index >= 15 is 0 Å². The fourth-order valence-corrected chi connectivity index (χ4v) is 4.41. The minimum atomic E-state index is -1.11. The van der Waals surface area contributed by atoms with Crippen molar-refractivity contribution in [1.82, 2.24) is 0 Å². The van der Waals surface area contributed by atoms with Gasteiger partial charge in [0.2, 0.25) is 5.78 Å². The monoisotopic (exact) mass is 566 g/mol. The van der Waals surface area contributed by atoms with E-state index in [2.05, 4.69) is 0 Å². The van der Waals surface area contributed by atoms with Crippen molar-refractivity contribution < 1.29 is 28.5 Å². The van der Waals surface area contributed by atoms with Crippen LogP contribution in [0.15, 0.2) is 109 Å². The number of ketones is 1. The summed E-state index contributed by atoms with van der Waals surface area (Å²) in [6.07, 6.45) is 0.429. The van der Waals surface area contributed by atoms with Gasteiger partial charge in [-0.25, -0.2) is 4.79 Å². The van der Waals surface area contributed by atoms with E-state index in [-0.39, 0.29) is 25.6 Å². The van der Waals surface area contributed by atoms with Crippen molar-refractivity contribution in [3.8, 4) is 33.8 Å². The molecule has 6 nitrogen and oxygen atoms in total. The SMILES string of the molecule is CCC(C)(OCC(C)(C)OC(=O)COc1ccccc1-c1ccccc1)C(=O)COc1ccccc1-c1ccccc1. The zero-order valence-corrected chi connectivity index (χ0v) is 24.7. The lowest BCUT2D eigenvalue weighted by Gasteiger charge is -2.32. The highest BCUT2D eigenvalue weighted by atomic mass is 16.6. The molecule has 218 valence electrons. The Kier molecular flexibility index (Phi) is 10.2. The van der Waals surface area contributed by atoms with Crippen LogP contribution in [0.25, 0.3) is 22.3 Å². The molecule has 0 bridgehead atoms. The molecule has 0 amide bonds. The fourth-order valence-electron chi connectivity index (χ4n) is 4.41. The zero-order chi connectivity index (χ0) is 30.0. The van der Waals surface area contributed by atoms with Gasteiger partial charge < -0.3 is 18.9 Å². The number of ether oxygens (including phenoxy) is 4. The number of rotatable bonds is 14. The van der Waals surface area contributed by atoms with Crippen molar-refractivity contribution in [1.29, 1.82) is 0 Å². The molecule has 1 unspecified atom stereocenters. The van der Waals surface area contributed by atoms with E-state index in [9.17, 15) is 9.59 Å². The molecule has 0 saturated heterocycles. The molecule has 0 aliphatic heterocycles. The molecular formula is C36H38O6. The molecule has 0 aliphatic rings. The second-order valence-electron chi connectivity index (χ2n) is 10.8. The van der Waals surface area contributed by atoms with E-state index in [1.54, 1.807) is 20.8 Å². The Bertz CT molecular complexity index is 1460. The maximum Gasteiger partial charge on any atom is 0.344 e. The lowest BCUT2D eigenvalue weighted by atomic mass is 9.97. The highest BCUT2D eigenvalue weighted by Crippen LogP contribution is 2.31. The van der Waals surface area contributed by atoms with Crippen LogP contribution in [0.4, 0.5) is 0 Å². The molecule has 4 rings (SSSR count). The third-order valence-corrected chi connectivity index (χ3v) is 7.04. The number of hydrogen-bond acceptors (Lipinski definition) is 6. The van der Waals surface area contributed by atoms with Crippen LogP contribution in [0.5, 0.6) is 11.5 Å². The Morgan fingerprint density at radius 1 is 0.619 bits per heavy atom. The normalized spacial score (nSPS) is 12.7. The molecule has 1 atom stereocenters. The topological polar surface area (TPSA) is 71.1 Å². The van der Waals surface area contributed by atoms with E-state index in [0.717, 1.165) is 22.3 Å². The van der Waals surface area contributed by atoms with Crippen molar-refractivity contribution in [3.63, 3.8) is 0 Å². The van der Waals surface area contributed by atoms with Gasteiger partial charge in [0, 0.05) is 11.1 Å². The number of para-hydroxylation sites is 2. The van der Waals surface area contributed by atoms with Crippen molar-refractivity contribution in [2.75, 3.05) is 19.8 Å². The van der Waals surface area contributed by atoms with Gasteiger partial charge in [0.05, 0.1) is 6.61 Å². The van der Waals surface area contributed by atoms with Crippen molar-refractivity contribution in [2.24, 2.45) is 0 Å². The van der Waals surface area contributed by atoms with E-state index in [4.69, 9.17) is 18.9 Å². The number of hydrogen-bond donors (Lipinski definition) is 0. The van der Waals surface area contributed by atoms with Crippen LogP contribution < -0.4 is 9.47 Å². The molecule has 42 heavy (non-hydrogen) atoms. The quantitative estimate of drug-likeness (QED) is 0.147. The summed E-state index contributed by atoms with van der Waals surface area (Å²) in [5, 5.41) is 0. The van der Waals surface area contributed by atoms with Gasteiger partial charge in [-0.15, -0.1) is 0 Å². The highest BCUT2D eigenvalue weighted by molar-refractivity contribution is 5.88. The predicted octanol–water partition coefficient (Wildman–Crippen LogP) is 7.55. The average Bonchev–Trinajstić information content (AvgIpc) is 3.02. The van der Waals surface area contributed by atoms with Gasteiger partial charge >= 0.3 is 5.97 Å². The molecule has 0 saturated carbocycles. The minimum absolute atomic E-state index is 0.0238. The first kappa shape index (κ1) is 30.5. The molecule has 0 aliphatic carbocycles. The first-order valence-corrected chi connectivity index (χ1v) is 14.1. The third-order valence-electron chi connectivity index (χ3n) is 7.04. The van der Waals surface area contributed by atoms with Gasteiger partial charge in [-0.2, -0.15) is 0 Å². The number of esters is 1. The van der Waals surface area contributed by atoms with Crippen LogP contribution in [0.1, 0.15) is 34.1 Å². The number of benzene rings is 4. The maximum atomic E-state index is 13.3. The van der Waals surface area contributed by atoms with Crippen LogP contribution in [-0.4, -0.2) is 42.8 Å². The van der Waals surface area contributed by atoms with E-state index in [1.807, 2.05) is 116 Å². The second kappa shape index (κ2) is 14.0. The summed E-state index contributed by atoms with van der Waals surface area (Å²) < 4.78 is 23.6. The van der Waals surface area contributed by atoms with Crippen molar-refractivity contribution >= 4 is 11.8 Å². The number of carbonyl (C=O) groups excluding carboxylic acids is 2. The smallest absolute Gasteiger partial charge is 0.344 e.